The SMILES string of the molecule is C/C(=N\O)C(C)n1cccn1. The summed E-state index contributed by atoms with van der Waals surface area (Å²) in [5.74, 6) is 0. The van der Waals surface area contributed by atoms with E-state index in [-0.39, 0.29) is 6.04 Å². The van der Waals surface area contributed by atoms with Crippen LogP contribution in [-0.2, 0) is 0 Å². The molecule has 0 radical (unpaired) electrons. The minimum atomic E-state index is 0.0231. The molecule has 1 aromatic rings. The highest BCUT2D eigenvalue weighted by Crippen LogP contribution is 2.04. The maximum Gasteiger partial charge on any atom is 0.0902 e. The first-order valence-electron chi connectivity index (χ1n) is 3.43. The monoisotopic (exact) mass is 153 g/mol. The molecule has 4 nitrogen and oxygen atoms in total. The molecule has 1 atom stereocenters. The minimum Gasteiger partial charge on any atom is -0.411 e. The average molecular weight is 153 g/mol. The van der Waals surface area contributed by atoms with Crippen LogP contribution in [0.15, 0.2) is 23.6 Å². The van der Waals surface area contributed by atoms with Gasteiger partial charge >= 0.3 is 0 Å². The normalized spacial score (nSPS) is 14.9. The van der Waals surface area contributed by atoms with Crippen molar-refractivity contribution in [3.63, 3.8) is 0 Å². The highest BCUT2D eigenvalue weighted by atomic mass is 16.4. The van der Waals surface area contributed by atoms with Gasteiger partial charge in [-0.2, -0.15) is 5.10 Å². The maximum atomic E-state index is 8.45. The maximum absolute atomic E-state index is 8.45. The second-order valence-corrected chi connectivity index (χ2v) is 2.40. The fraction of sp³-hybridized carbons (Fsp3) is 0.429. The number of hydrogen-bond donors (Lipinski definition) is 1. The Kier molecular flexibility index (Phi) is 2.25. The van der Waals surface area contributed by atoms with Crippen LogP contribution in [0.5, 0.6) is 0 Å². The second kappa shape index (κ2) is 3.18. The topological polar surface area (TPSA) is 50.4 Å². The summed E-state index contributed by atoms with van der Waals surface area (Å²) in [6.45, 7) is 3.68. The Morgan fingerprint density at radius 3 is 2.91 bits per heavy atom. The molecule has 0 bridgehead atoms. The van der Waals surface area contributed by atoms with Crippen LogP contribution in [0, 0.1) is 0 Å². The summed E-state index contributed by atoms with van der Waals surface area (Å²) in [6, 6.07) is 1.86. The van der Waals surface area contributed by atoms with Crippen molar-refractivity contribution in [2.75, 3.05) is 0 Å². The highest BCUT2D eigenvalue weighted by Gasteiger charge is 2.07. The lowest BCUT2D eigenvalue weighted by Crippen LogP contribution is -2.13. The first-order chi connectivity index (χ1) is 5.25. The van der Waals surface area contributed by atoms with E-state index in [9.17, 15) is 0 Å². The third-order valence-electron chi connectivity index (χ3n) is 1.68. The van der Waals surface area contributed by atoms with Gasteiger partial charge in [-0.1, -0.05) is 5.16 Å². The lowest BCUT2D eigenvalue weighted by Gasteiger charge is -2.09. The largest absolute Gasteiger partial charge is 0.411 e. The Labute approximate surface area is 65.1 Å². The van der Waals surface area contributed by atoms with Gasteiger partial charge in [0.05, 0.1) is 11.8 Å². The van der Waals surface area contributed by atoms with Gasteiger partial charge in [-0.15, -0.1) is 0 Å². The molecule has 60 valence electrons. The van der Waals surface area contributed by atoms with E-state index in [1.54, 1.807) is 17.8 Å². The van der Waals surface area contributed by atoms with Crippen LogP contribution in [0.3, 0.4) is 0 Å². The Morgan fingerprint density at radius 1 is 1.73 bits per heavy atom. The van der Waals surface area contributed by atoms with E-state index in [1.165, 1.54) is 0 Å². The third-order valence-corrected chi connectivity index (χ3v) is 1.68. The smallest absolute Gasteiger partial charge is 0.0902 e. The molecular formula is C7H11N3O. The summed E-state index contributed by atoms with van der Waals surface area (Å²) in [6.07, 6.45) is 3.53. The summed E-state index contributed by atoms with van der Waals surface area (Å²) < 4.78 is 1.73. The van der Waals surface area contributed by atoms with Gasteiger partial charge in [-0.3, -0.25) is 4.68 Å². The van der Waals surface area contributed by atoms with Crippen LogP contribution in [0.1, 0.15) is 19.9 Å². The van der Waals surface area contributed by atoms with Crippen LogP contribution in [0.2, 0.25) is 0 Å². The molecule has 11 heavy (non-hydrogen) atoms. The Balaban J connectivity index is 2.78. The van der Waals surface area contributed by atoms with E-state index < -0.39 is 0 Å². The van der Waals surface area contributed by atoms with Gasteiger partial charge in [-0.05, 0) is 19.9 Å². The lowest BCUT2D eigenvalue weighted by molar-refractivity contribution is 0.314. The number of oxime groups is 1. The zero-order chi connectivity index (χ0) is 8.27. The molecule has 0 aliphatic heterocycles. The first-order valence-corrected chi connectivity index (χ1v) is 3.43. The van der Waals surface area contributed by atoms with Crippen molar-refractivity contribution in [1.82, 2.24) is 9.78 Å². The lowest BCUT2D eigenvalue weighted by atomic mass is 10.2. The molecule has 0 spiro atoms. The van der Waals surface area contributed by atoms with Gasteiger partial charge in [-0.25, -0.2) is 0 Å². The Hall–Kier alpha value is -1.32. The molecule has 4 heteroatoms. The summed E-state index contributed by atoms with van der Waals surface area (Å²) in [7, 11) is 0. The zero-order valence-electron chi connectivity index (χ0n) is 6.60. The molecule has 0 amide bonds. The van der Waals surface area contributed by atoms with Crippen molar-refractivity contribution >= 4 is 5.71 Å². The molecule has 1 unspecified atom stereocenters. The van der Waals surface area contributed by atoms with Crippen LogP contribution in [0.25, 0.3) is 0 Å². The van der Waals surface area contributed by atoms with Crippen molar-refractivity contribution in [2.45, 2.75) is 19.9 Å². The predicted octanol–water partition coefficient (Wildman–Crippen LogP) is 1.29. The van der Waals surface area contributed by atoms with Crippen molar-refractivity contribution < 1.29 is 5.21 Å². The number of nitrogens with zero attached hydrogens (tertiary/aromatic N) is 3. The molecule has 0 aliphatic carbocycles. The molecule has 1 aromatic heterocycles. The van der Waals surface area contributed by atoms with E-state index in [4.69, 9.17) is 5.21 Å². The zero-order valence-corrected chi connectivity index (χ0v) is 6.60. The predicted molar refractivity (Wildman–Crippen MR) is 41.8 cm³/mol. The Morgan fingerprint density at radius 2 is 2.45 bits per heavy atom. The fourth-order valence-electron chi connectivity index (χ4n) is 0.785. The quantitative estimate of drug-likeness (QED) is 0.395. The van der Waals surface area contributed by atoms with Gasteiger partial charge in [0.2, 0.25) is 0 Å². The van der Waals surface area contributed by atoms with E-state index in [0.717, 1.165) is 0 Å². The van der Waals surface area contributed by atoms with Gasteiger partial charge in [0.1, 0.15) is 0 Å². The number of hydrogen-bond acceptors (Lipinski definition) is 3. The molecule has 0 aromatic carbocycles. The van der Waals surface area contributed by atoms with Crippen LogP contribution in [0.4, 0.5) is 0 Å². The molecule has 1 N–H and O–H groups in total. The minimum absolute atomic E-state index is 0.0231. The first kappa shape index (κ1) is 7.78. The second-order valence-electron chi connectivity index (χ2n) is 2.40. The summed E-state index contributed by atoms with van der Waals surface area (Å²) in [5.41, 5.74) is 0.647. The van der Waals surface area contributed by atoms with Crippen molar-refractivity contribution in [3.05, 3.63) is 18.5 Å². The molecular weight excluding hydrogens is 142 g/mol. The number of aromatic nitrogens is 2. The third kappa shape index (κ3) is 1.58. The molecule has 1 rings (SSSR count). The molecule has 0 saturated carbocycles. The summed E-state index contributed by atoms with van der Waals surface area (Å²) >= 11 is 0. The van der Waals surface area contributed by atoms with Crippen molar-refractivity contribution in [2.24, 2.45) is 5.16 Å². The van der Waals surface area contributed by atoms with Gasteiger partial charge in [0, 0.05) is 12.4 Å². The van der Waals surface area contributed by atoms with E-state index >= 15 is 0 Å². The van der Waals surface area contributed by atoms with Gasteiger partial charge in [0.15, 0.2) is 0 Å². The van der Waals surface area contributed by atoms with E-state index in [2.05, 4.69) is 10.3 Å². The van der Waals surface area contributed by atoms with Crippen LogP contribution >= 0.6 is 0 Å². The van der Waals surface area contributed by atoms with Crippen molar-refractivity contribution in [1.29, 1.82) is 0 Å². The van der Waals surface area contributed by atoms with Gasteiger partial charge < -0.3 is 5.21 Å². The molecule has 0 fully saturated rings. The van der Waals surface area contributed by atoms with Crippen LogP contribution in [-0.4, -0.2) is 20.7 Å². The molecule has 0 saturated heterocycles. The highest BCUT2D eigenvalue weighted by molar-refractivity contribution is 5.84. The fourth-order valence-corrected chi connectivity index (χ4v) is 0.785. The average Bonchev–Trinajstić information content (AvgIpc) is 2.53. The standard InChI is InChI=1S/C7H11N3O/c1-6(9-11)7(2)10-5-3-4-8-10/h3-5,7,11H,1-2H3/b9-6+. The van der Waals surface area contributed by atoms with Crippen molar-refractivity contribution in [3.8, 4) is 0 Å². The van der Waals surface area contributed by atoms with Gasteiger partial charge in [0.25, 0.3) is 0 Å². The van der Waals surface area contributed by atoms with E-state index in [0.29, 0.717) is 5.71 Å². The molecule has 1 heterocycles. The summed E-state index contributed by atoms with van der Waals surface area (Å²) in [4.78, 5) is 0. The molecule has 0 aliphatic rings. The van der Waals surface area contributed by atoms with E-state index in [1.807, 2.05) is 19.2 Å². The Bertz CT molecular complexity index is 240. The van der Waals surface area contributed by atoms with Crippen LogP contribution < -0.4 is 0 Å². The number of rotatable bonds is 2. The summed E-state index contributed by atoms with van der Waals surface area (Å²) in [5, 5.41) is 15.6.